The molecular formula is C11H22N2O3. The number of ether oxygens (including phenoxy) is 2. The number of methoxy groups -OCH3 is 1. The molecule has 0 saturated carbocycles. The Labute approximate surface area is 97.1 Å². The minimum Gasteiger partial charge on any atom is -0.383 e. The van der Waals surface area contributed by atoms with E-state index < -0.39 is 0 Å². The van der Waals surface area contributed by atoms with E-state index in [-0.39, 0.29) is 18.1 Å². The molecule has 94 valence electrons. The van der Waals surface area contributed by atoms with Gasteiger partial charge in [0, 0.05) is 20.2 Å². The molecule has 1 N–H and O–H groups in total. The first-order valence-corrected chi connectivity index (χ1v) is 5.76. The summed E-state index contributed by atoms with van der Waals surface area (Å²) in [6.45, 7) is 7.03. The van der Waals surface area contributed by atoms with Crippen molar-refractivity contribution in [1.82, 2.24) is 10.2 Å². The second kappa shape index (κ2) is 6.83. The molecule has 16 heavy (non-hydrogen) atoms. The van der Waals surface area contributed by atoms with Gasteiger partial charge in [-0.15, -0.1) is 0 Å². The van der Waals surface area contributed by atoms with Crippen LogP contribution in [-0.2, 0) is 14.3 Å². The number of hydrogen-bond donors (Lipinski definition) is 1. The fraction of sp³-hybridized carbons (Fsp3) is 0.909. The Balaban J connectivity index is 2.28. The lowest BCUT2D eigenvalue weighted by atomic mass is 10.2. The third-order valence-electron chi connectivity index (χ3n) is 2.69. The van der Waals surface area contributed by atoms with Gasteiger partial charge in [-0.1, -0.05) is 0 Å². The molecule has 1 amide bonds. The van der Waals surface area contributed by atoms with E-state index in [0.717, 1.165) is 0 Å². The topological polar surface area (TPSA) is 50.8 Å². The quantitative estimate of drug-likeness (QED) is 0.668. The minimum absolute atomic E-state index is 0.138. The number of morpholine rings is 1. The zero-order valence-corrected chi connectivity index (χ0v) is 10.4. The van der Waals surface area contributed by atoms with Crippen molar-refractivity contribution >= 4 is 5.91 Å². The average molecular weight is 230 g/mol. The largest absolute Gasteiger partial charge is 0.383 e. The second-order valence-electron chi connectivity index (χ2n) is 4.21. The van der Waals surface area contributed by atoms with Crippen molar-refractivity contribution in [2.45, 2.75) is 26.0 Å². The summed E-state index contributed by atoms with van der Waals surface area (Å²) in [7, 11) is 1.65. The van der Waals surface area contributed by atoms with Crippen LogP contribution in [0, 0.1) is 0 Å². The molecular weight excluding hydrogens is 208 g/mol. The smallest absolute Gasteiger partial charge is 0.236 e. The van der Waals surface area contributed by atoms with Crippen molar-refractivity contribution in [2.24, 2.45) is 0 Å². The fourth-order valence-corrected chi connectivity index (χ4v) is 1.72. The van der Waals surface area contributed by atoms with Crippen LogP contribution in [0.2, 0.25) is 0 Å². The molecule has 0 spiro atoms. The maximum absolute atomic E-state index is 11.9. The number of hydrogen-bond acceptors (Lipinski definition) is 4. The molecule has 0 aromatic carbocycles. The third kappa shape index (κ3) is 4.08. The van der Waals surface area contributed by atoms with Crippen LogP contribution >= 0.6 is 0 Å². The fourth-order valence-electron chi connectivity index (χ4n) is 1.72. The molecule has 2 atom stereocenters. The predicted octanol–water partition coefficient (Wildman–Crippen LogP) is -0.142. The lowest BCUT2D eigenvalue weighted by Gasteiger charge is -2.36. The van der Waals surface area contributed by atoms with Crippen molar-refractivity contribution in [1.29, 1.82) is 0 Å². The molecule has 1 aliphatic heterocycles. The molecule has 0 aromatic heterocycles. The van der Waals surface area contributed by atoms with Gasteiger partial charge in [-0.3, -0.25) is 4.79 Å². The first-order chi connectivity index (χ1) is 7.65. The maximum atomic E-state index is 11.9. The van der Waals surface area contributed by atoms with E-state index in [1.165, 1.54) is 0 Å². The number of carbonyl (C=O) groups excluding carboxylic acids is 1. The van der Waals surface area contributed by atoms with Crippen LogP contribution in [0.4, 0.5) is 0 Å². The van der Waals surface area contributed by atoms with Crippen LogP contribution in [0.3, 0.4) is 0 Å². The van der Waals surface area contributed by atoms with E-state index in [4.69, 9.17) is 9.47 Å². The third-order valence-corrected chi connectivity index (χ3v) is 2.69. The van der Waals surface area contributed by atoms with Crippen LogP contribution in [0.25, 0.3) is 0 Å². The van der Waals surface area contributed by atoms with Crippen molar-refractivity contribution in [3.8, 4) is 0 Å². The minimum atomic E-state index is 0.138. The van der Waals surface area contributed by atoms with Crippen molar-refractivity contribution in [3.05, 3.63) is 0 Å². The molecule has 0 aliphatic carbocycles. The highest BCUT2D eigenvalue weighted by atomic mass is 16.5. The van der Waals surface area contributed by atoms with Gasteiger partial charge in [-0.05, 0) is 13.8 Å². The highest BCUT2D eigenvalue weighted by molar-refractivity contribution is 5.78. The van der Waals surface area contributed by atoms with E-state index in [1.807, 2.05) is 18.7 Å². The van der Waals surface area contributed by atoms with Crippen molar-refractivity contribution < 1.29 is 14.3 Å². The normalized spacial score (nSPS) is 25.8. The summed E-state index contributed by atoms with van der Waals surface area (Å²) < 4.78 is 10.4. The van der Waals surface area contributed by atoms with Gasteiger partial charge < -0.3 is 19.7 Å². The van der Waals surface area contributed by atoms with Crippen LogP contribution < -0.4 is 5.32 Å². The molecule has 5 heteroatoms. The van der Waals surface area contributed by atoms with Crippen molar-refractivity contribution in [3.63, 3.8) is 0 Å². The molecule has 1 rings (SSSR count). The first-order valence-electron chi connectivity index (χ1n) is 5.76. The van der Waals surface area contributed by atoms with Gasteiger partial charge in [-0.25, -0.2) is 0 Å². The number of nitrogens with zero attached hydrogens (tertiary/aromatic N) is 1. The lowest BCUT2D eigenvalue weighted by Crippen LogP contribution is -2.52. The maximum Gasteiger partial charge on any atom is 0.236 e. The van der Waals surface area contributed by atoms with Crippen molar-refractivity contribution in [2.75, 3.05) is 40.0 Å². The summed E-state index contributed by atoms with van der Waals surface area (Å²) in [5.41, 5.74) is 0. The van der Waals surface area contributed by atoms with Gasteiger partial charge >= 0.3 is 0 Å². The average Bonchev–Trinajstić information content (AvgIpc) is 2.27. The highest BCUT2D eigenvalue weighted by Gasteiger charge is 2.26. The van der Waals surface area contributed by atoms with Gasteiger partial charge in [0.1, 0.15) is 0 Å². The number of carbonyl (C=O) groups is 1. The molecule has 0 bridgehead atoms. The summed E-state index contributed by atoms with van der Waals surface area (Å²) in [6.07, 6.45) is 0.138. The predicted molar refractivity (Wildman–Crippen MR) is 61.3 cm³/mol. The Bertz CT molecular complexity index is 223. The zero-order valence-electron chi connectivity index (χ0n) is 10.4. The standard InChI is InChI=1S/C11H22N2O3/c1-9-8-16-10(2)7-13(9)11(14)6-12-4-5-15-3/h9-10,12H,4-8H2,1-3H3. The van der Waals surface area contributed by atoms with Crippen LogP contribution in [-0.4, -0.2) is 62.9 Å². The molecule has 1 fully saturated rings. The number of rotatable bonds is 5. The molecule has 1 saturated heterocycles. The summed E-state index contributed by atoms with van der Waals surface area (Å²) in [6, 6.07) is 0.174. The van der Waals surface area contributed by atoms with E-state index in [9.17, 15) is 4.79 Å². The monoisotopic (exact) mass is 230 g/mol. The van der Waals surface area contributed by atoms with Crippen LogP contribution in [0.1, 0.15) is 13.8 Å². The van der Waals surface area contributed by atoms with Gasteiger partial charge in [0.25, 0.3) is 0 Å². The molecule has 5 nitrogen and oxygen atoms in total. The lowest BCUT2D eigenvalue weighted by molar-refractivity contribution is -0.142. The Morgan fingerprint density at radius 3 is 3.00 bits per heavy atom. The molecule has 0 radical (unpaired) electrons. The molecule has 2 unspecified atom stereocenters. The number of amides is 1. The highest BCUT2D eigenvalue weighted by Crippen LogP contribution is 2.10. The Kier molecular flexibility index (Phi) is 5.73. The van der Waals surface area contributed by atoms with E-state index in [1.54, 1.807) is 7.11 Å². The van der Waals surface area contributed by atoms with Crippen LogP contribution in [0.5, 0.6) is 0 Å². The Hall–Kier alpha value is -0.650. The Morgan fingerprint density at radius 1 is 1.56 bits per heavy atom. The van der Waals surface area contributed by atoms with E-state index in [0.29, 0.717) is 32.8 Å². The van der Waals surface area contributed by atoms with Gasteiger partial charge in [0.15, 0.2) is 0 Å². The van der Waals surface area contributed by atoms with Gasteiger partial charge in [-0.2, -0.15) is 0 Å². The molecule has 0 aromatic rings. The van der Waals surface area contributed by atoms with E-state index in [2.05, 4.69) is 5.32 Å². The summed E-state index contributed by atoms with van der Waals surface area (Å²) >= 11 is 0. The number of nitrogens with one attached hydrogen (secondary N) is 1. The molecule has 1 heterocycles. The van der Waals surface area contributed by atoms with E-state index >= 15 is 0 Å². The first kappa shape index (κ1) is 13.4. The van der Waals surface area contributed by atoms with Gasteiger partial charge in [0.2, 0.25) is 5.91 Å². The summed E-state index contributed by atoms with van der Waals surface area (Å²) in [5, 5.41) is 3.06. The van der Waals surface area contributed by atoms with Gasteiger partial charge in [0.05, 0.1) is 31.9 Å². The Morgan fingerprint density at radius 2 is 2.31 bits per heavy atom. The summed E-state index contributed by atoms with van der Waals surface area (Å²) in [4.78, 5) is 13.8. The molecule has 1 aliphatic rings. The second-order valence-corrected chi connectivity index (χ2v) is 4.21. The van der Waals surface area contributed by atoms with Crippen LogP contribution in [0.15, 0.2) is 0 Å². The SMILES string of the molecule is COCCNCC(=O)N1CC(C)OCC1C. The zero-order chi connectivity index (χ0) is 12.0. The summed E-state index contributed by atoms with van der Waals surface area (Å²) in [5.74, 6) is 0.138.